The third-order valence-electron chi connectivity index (χ3n) is 5.12. The van der Waals surface area contributed by atoms with Crippen LogP contribution in [0.1, 0.15) is 32.7 Å². The molecule has 35 heavy (non-hydrogen) atoms. The van der Waals surface area contributed by atoms with Gasteiger partial charge >= 0.3 is 0 Å². The Hall–Kier alpha value is -4.17. The molecular formula is C27H30N4O4. The maximum Gasteiger partial charge on any atom is 0.251 e. The van der Waals surface area contributed by atoms with Crippen molar-refractivity contribution < 1.29 is 19.1 Å². The summed E-state index contributed by atoms with van der Waals surface area (Å²) in [5.74, 6) is -0.612. The summed E-state index contributed by atoms with van der Waals surface area (Å²) in [6.45, 7) is 1.59. The van der Waals surface area contributed by atoms with Crippen molar-refractivity contribution in [1.29, 1.82) is 0 Å². The van der Waals surface area contributed by atoms with E-state index < -0.39 is 0 Å². The number of nitrogens with one attached hydrogen (secondary N) is 4. The van der Waals surface area contributed by atoms with Crippen LogP contribution in [0.5, 0.6) is 0 Å². The van der Waals surface area contributed by atoms with E-state index in [1.54, 1.807) is 55.6 Å². The highest BCUT2D eigenvalue weighted by Gasteiger charge is 2.09. The van der Waals surface area contributed by atoms with E-state index in [2.05, 4.69) is 21.3 Å². The fraction of sp³-hybridized carbons (Fsp3) is 0.222. The monoisotopic (exact) mass is 474 g/mol. The molecule has 0 aliphatic heterocycles. The fourth-order valence-corrected chi connectivity index (χ4v) is 3.26. The van der Waals surface area contributed by atoms with Crippen molar-refractivity contribution >= 4 is 29.1 Å². The lowest BCUT2D eigenvalue weighted by atomic mass is 10.1. The molecule has 0 aromatic heterocycles. The first-order valence-corrected chi connectivity index (χ1v) is 11.4. The van der Waals surface area contributed by atoms with Crippen molar-refractivity contribution in [2.24, 2.45) is 0 Å². The topological polar surface area (TPSA) is 109 Å². The van der Waals surface area contributed by atoms with Gasteiger partial charge in [0.15, 0.2) is 0 Å². The summed E-state index contributed by atoms with van der Waals surface area (Å²) in [5, 5.41) is 11.5. The van der Waals surface area contributed by atoms with Gasteiger partial charge in [-0.05, 0) is 54.4 Å². The van der Waals surface area contributed by atoms with Gasteiger partial charge in [-0.1, -0.05) is 36.4 Å². The number of anilines is 2. The van der Waals surface area contributed by atoms with Gasteiger partial charge in [0.05, 0.1) is 6.54 Å². The molecule has 3 amide bonds. The Balaban J connectivity index is 1.44. The van der Waals surface area contributed by atoms with Crippen molar-refractivity contribution in [2.75, 3.05) is 37.4 Å². The number of carbonyl (C=O) groups is 3. The summed E-state index contributed by atoms with van der Waals surface area (Å²) >= 11 is 0. The van der Waals surface area contributed by atoms with Gasteiger partial charge in [-0.2, -0.15) is 0 Å². The molecule has 182 valence electrons. The van der Waals surface area contributed by atoms with Crippen LogP contribution < -0.4 is 21.3 Å². The summed E-state index contributed by atoms with van der Waals surface area (Å²) in [6, 6.07) is 23.3. The summed E-state index contributed by atoms with van der Waals surface area (Å²) in [7, 11) is 1.62. The average molecular weight is 475 g/mol. The van der Waals surface area contributed by atoms with Gasteiger partial charge in [0.2, 0.25) is 5.91 Å². The number of methoxy groups -OCH3 is 1. The molecule has 0 bridgehead atoms. The lowest BCUT2D eigenvalue weighted by Crippen LogP contribution is -2.25. The van der Waals surface area contributed by atoms with E-state index in [4.69, 9.17) is 4.74 Å². The van der Waals surface area contributed by atoms with Gasteiger partial charge in [-0.3, -0.25) is 14.4 Å². The van der Waals surface area contributed by atoms with E-state index in [1.807, 2.05) is 30.3 Å². The van der Waals surface area contributed by atoms with Crippen LogP contribution in [-0.2, 0) is 16.1 Å². The average Bonchev–Trinajstić information content (AvgIpc) is 2.89. The second-order valence-electron chi connectivity index (χ2n) is 7.83. The van der Waals surface area contributed by atoms with Crippen molar-refractivity contribution in [1.82, 2.24) is 10.6 Å². The number of hydrogen-bond acceptors (Lipinski definition) is 5. The molecule has 0 atom stereocenters. The van der Waals surface area contributed by atoms with E-state index in [1.165, 1.54) is 0 Å². The molecule has 8 nitrogen and oxygen atoms in total. The largest absolute Gasteiger partial charge is 0.385 e. The molecule has 0 saturated heterocycles. The smallest absolute Gasteiger partial charge is 0.251 e. The molecule has 0 fully saturated rings. The van der Waals surface area contributed by atoms with Crippen molar-refractivity contribution in [3.63, 3.8) is 0 Å². The first kappa shape index (κ1) is 25.5. The maximum atomic E-state index is 12.5. The summed E-state index contributed by atoms with van der Waals surface area (Å²) in [4.78, 5) is 36.9. The second-order valence-corrected chi connectivity index (χ2v) is 7.83. The van der Waals surface area contributed by atoms with Gasteiger partial charge in [0.1, 0.15) is 0 Å². The predicted octanol–water partition coefficient (Wildman–Crippen LogP) is 3.43. The van der Waals surface area contributed by atoms with Gasteiger partial charge in [0, 0.05) is 49.3 Å². The lowest BCUT2D eigenvalue weighted by molar-refractivity contribution is -0.114. The van der Waals surface area contributed by atoms with Crippen LogP contribution in [0, 0.1) is 0 Å². The van der Waals surface area contributed by atoms with Crippen LogP contribution in [0.15, 0.2) is 78.9 Å². The lowest BCUT2D eigenvalue weighted by Gasteiger charge is -2.10. The predicted molar refractivity (Wildman–Crippen MR) is 136 cm³/mol. The second kappa shape index (κ2) is 13.5. The number of carbonyl (C=O) groups excluding carboxylic acids is 3. The van der Waals surface area contributed by atoms with E-state index in [9.17, 15) is 14.4 Å². The Labute approximate surface area is 205 Å². The molecule has 3 aromatic rings. The molecule has 3 aromatic carbocycles. The Kier molecular flexibility index (Phi) is 9.83. The standard InChI is InChI=1S/C27H30N4O4/c1-35-16-6-15-28-26(33)21-11-13-23(14-12-21)31-25(32)19-29-24-10-5-9-22(17-24)27(34)30-18-20-7-3-2-4-8-20/h2-5,7-14,17,29H,6,15-16,18-19H2,1H3,(H,28,33)(H,30,34)(H,31,32). The number of rotatable bonds is 12. The molecular weight excluding hydrogens is 444 g/mol. The van der Waals surface area contributed by atoms with Crippen LogP contribution in [-0.4, -0.2) is 44.5 Å². The Bertz CT molecular complexity index is 1120. The van der Waals surface area contributed by atoms with E-state index >= 15 is 0 Å². The van der Waals surface area contributed by atoms with Gasteiger partial charge in [-0.15, -0.1) is 0 Å². The van der Waals surface area contributed by atoms with Crippen LogP contribution in [0.4, 0.5) is 11.4 Å². The Morgan fingerprint density at radius 3 is 2.26 bits per heavy atom. The highest BCUT2D eigenvalue weighted by molar-refractivity contribution is 5.97. The SMILES string of the molecule is COCCCNC(=O)c1ccc(NC(=O)CNc2cccc(C(=O)NCc3ccccc3)c2)cc1. The Morgan fingerprint density at radius 2 is 1.51 bits per heavy atom. The number of benzene rings is 3. The molecule has 0 aliphatic rings. The van der Waals surface area contributed by atoms with Gasteiger partial charge in [0.25, 0.3) is 11.8 Å². The summed E-state index contributed by atoms with van der Waals surface area (Å²) < 4.78 is 4.96. The first-order chi connectivity index (χ1) is 17.0. The molecule has 8 heteroatoms. The molecule has 0 heterocycles. The molecule has 0 saturated carbocycles. The molecule has 0 radical (unpaired) electrons. The zero-order valence-electron chi connectivity index (χ0n) is 19.7. The highest BCUT2D eigenvalue weighted by atomic mass is 16.5. The number of hydrogen-bond donors (Lipinski definition) is 4. The third kappa shape index (κ3) is 8.60. The molecule has 0 spiro atoms. The van der Waals surface area contributed by atoms with Crippen molar-refractivity contribution in [3.05, 3.63) is 95.6 Å². The molecule has 4 N–H and O–H groups in total. The van der Waals surface area contributed by atoms with E-state index in [0.717, 1.165) is 12.0 Å². The van der Waals surface area contributed by atoms with Gasteiger partial charge in [-0.25, -0.2) is 0 Å². The maximum absolute atomic E-state index is 12.5. The zero-order valence-corrected chi connectivity index (χ0v) is 19.7. The Morgan fingerprint density at radius 1 is 0.771 bits per heavy atom. The highest BCUT2D eigenvalue weighted by Crippen LogP contribution is 2.12. The third-order valence-corrected chi connectivity index (χ3v) is 5.12. The normalized spacial score (nSPS) is 10.3. The van der Waals surface area contributed by atoms with Crippen LogP contribution in [0.2, 0.25) is 0 Å². The molecule has 0 unspecified atom stereocenters. The van der Waals surface area contributed by atoms with Crippen molar-refractivity contribution in [2.45, 2.75) is 13.0 Å². The van der Waals surface area contributed by atoms with Crippen molar-refractivity contribution in [3.8, 4) is 0 Å². The van der Waals surface area contributed by atoms with E-state index in [-0.39, 0.29) is 24.3 Å². The summed E-state index contributed by atoms with van der Waals surface area (Å²) in [6.07, 6.45) is 0.741. The number of ether oxygens (including phenoxy) is 1. The zero-order chi connectivity index (χ0) is 24.9. The minimum atomic E-state index is -0.249. The molecule has 0 aliphatic carbocycles. The van der Waals surface area contributed by atoms with E-state index in [0.29, 0.717) is 42.2 Å². The van der Waals surface area contributed by atoms with Crippen LogP contribution >= 0.6 is 0 Å². The fourth-order valence-electron chi connectivity index (χ4n) is 3.26. The van der Waals surface area contributed by atoms with Gasteiger partial charge < -0.3 is 26.0 Å². The van der Waals surface area contributed by atoms with Crippen LogP contribution in [0.25, 0.3) is 0 Å². The summed E-state index contributed by atoms with van der Waals surface area (Å²) in [5.41, 5.74) is 3.28. The van der Waals surface area contributed by atoms with Crippen LogP contribution in [0.3, 0.4) is 0 Å². The molecule has 3 rings (SSSR count). The minimum Gasteiger partial charge on any atom is -0.385 e. The number of amides is 3. The minimum absolute atomic E-state index is 0.0246. The quantitative estimate of drug-likeness (QED) is 0.301. The first-order valence-electron chi connectivity index (χ1n) is 11.4.